The summed E-state index contributed by atoms with van der Waals surface area (Å²) in [6, 6.07) is 0. The Bertz CT molecular complexity index is 497. The largest absolute Gasteiger partial charge is 0.509 e. The molecule has 1 unspecified atom stereocenters. The zero-order valence-corrected chi connectivity index (χ0v) is 13.7. The Hall–Kier alpha value is -1.75. The van der Waals surface area contributed by atoms with Gasteiger partial charge in [0.05, 0.1) is 5.70 Å². The zero-order chi connectivity index (χ0) is 16.4. The SMILES string of the molecule is C=CC1=C(C)N(O)C(C)=C(CC)C1OC(=O)OC(C)(C)C. The van der Waals surface area contributed by atoms with Gasteiger partial charge in [0.1, 0.15) is 5.60 Å². The summed E-state index contributed by atoms with van der Waals surface area (Å²) in [6.07, 6.45) is 0.923. The topological polar surface area (TPSA) is 59.0 Å². The second-order valence-electron chi connectivity index (χ2n) is 5.98. The lowest BCUT2D eigenvalue weighted by Gasteiger charge is -2.34. The average molecular weight is 295 g/mol. The highest BCUT2D eigenvalue weighted by Crippen LogP contribution is 2.34. The van der Waals surface area contributed by atoms with Gasteiger partial charge in [0.25, 0.3) is 0 Å². The number of carbonyl (C=O) groups excluding carboxylic acids is 1. The van der Waals surface area contributed by atoms with Crippen LogP contribution in [0.25, 0.3) is 0 Å². The second-order valence-corrected chi connectivity index (χ2v) is 5.98. The lowest BCUT2D eigenvalue weighted by molar-refractivity contribution is -0.0388. The van der Waals surface area contributed by atoms with Crippen molar-refractivity contribution in [1.82, 2.24) is 5.06 Å². The molecule has 1 N–H and O–H groups in total. The maximum absolute atomic E-state index is 11.9. The summed E-state index contributed by atoms with van der Waals surface area (Å²) in [5, 5.41) is 11.2. The quantitative estimate of drug-likeness (QED) is 0.792. The molecule has 0 bridgehead atoms. The highest BCUT2D eigenvalue weighted by atomic mass is 16.7. The molecule has 0 saturated carbocycles. The van der Waals surface area contributed by atoms with Crippen LogP contribution in [0.5, 0.6) is 0 Å². The van der Waals surface area contributed by atoms with Crippen LogP contribution < -0.4 is 0 Å². The third kappa shape index (κ3) is 3.88. The minimum Gasteiger partial charge on any atom is -0.429 e. The number of rotatable bonds is 3. The lowest BCUT2D eigenvalue weighted by Crippen LogP contribution is -2.35. The zero-order valence-electron chi connectivity index (χ0n) is 13.7. The van der Waals surface area contributed by atoms with Gasteiger partial charge in [0, 0.05) is 11.3 Å². The van der Waals surface area contributed by atoms with Crippen LogP contribution in [0.1, 0.15) is 48.0 Å². The molecule has 1 aliphatic heterocycles. The predicted molar refractivity (Wildman–Crippen MR) is 80.6 cm³/mol. The molecule has 0 spiro atoms. The molecule has 21 heavy (non-hydrogen) atoms. The Morgan fingerprint density at radius 2 is 1.95 bits per heavy atom. The van der Waals surface area contributed by atoms with E-state index in [9.17, 15) is 10.0 Å². The third-order valence-electron chi connectivity index (χ3n) is 3.32. The first-order chi connectivity index (χ1) is 9.62. The van der Waals surface area contributed by atoms with Gasteiger partial charge in [0.15, 0.2) is 6.10 Å². The molecule has 0 fully saturated rings. The van der Waals surface area contributed by atoms with E-state index in [1.807, 2.05) is 6.92 Å². The van der Waals surface area contributed by atoms with Crippen molar-refractivity contribution in [2.24, 2.45) is 0 Å². The summed E-state index contributed by atoms with van der Waals surface area (Å²) in [4.78, 5) is 11.9. The molecular weight excluding hydrogens is 270 g/mol. The van der Waals surface area contributed by atoms with E-state index in [-0.39, 0.29) is 0 Å². The van der Waals surface area contributed by atoms with Crippen LogP contribution in [-0.2, 0) is 9.47 Å². The van der Waals surface area contributed by atoms with Crippen molar-refractivity contribution in [1.29, 1.82) is 0 Å². The predicted octanol–water partition coefficient (Wildman–Crippen LogP) is 4.16. The van der Waals surface area contributed by atoms with Gasteiger partial charge in [0.2, 0.25) is 0 Å². The molecule has 1 heterocycles. The molecule has 118 valence electrons. The van der Waals surface area contributed by atoms with Crippen molar-refractivity contribution in [2.45, 2.75) is 59.7 Å². The Morgan fingerprint density at radius 3 is 2.38 bits per heavy atom. The molecule has 0 aliphatic carbocycles. The molecule has 0 amide bonds. The first-order valence-electron chi connectivity index (χ1n) is 7.03. The molecule has 0 saturated heterocycles. The van der Waals surface area contributed by atoms with Crippen molar-refractivity contribution in [3.05, 3.63) is 35.2 Å². The van der Waals surface area contributed by atoms with Gasteiger partial charge >= 0.3 is 6.16 Å². The average Bonchev–Trinajstić information content (AvgIpc) is 2.35. The molecule has 5 heteroatoms. The molecule has 0 aromatic rings. The summed E-state index contributed by atoms with van der Waals surface area (Å²) >= 11 is 0. The van der Waals surface area contributed by atoms with Crippen molar-refractivity contribution in [3.8, 4) is 0 Å². The van der Waals surface area contributed by atoms with Crippen LogP contribution in [0.2, 0.25) is 0 Å². The van der Waals surface area contributed by atoms with E-state index in [0.717, 1.165) is 10.6 Å². The maximum Gasteiger partial charge on any atom is 0.509 e. The number of nitrogens with zero attached hydrogens (tertiary/aromatic N) is 1. The number of hydroxylamine groups is 2. The van der Waals surface area contributed by atoms with Gasteiger partial charge in [-0.2, -0.15) is 0 Å². The van der Waals surface area contributed by atoms with E-state index in [2.05, 4.69) is 6.58 Å². The number of carbonyl (C=O) groups is 1. The maximum atomic E-state index is 11.9. The fourth-order valence-corrected chi connectivity index (χ4v) is 2.28. The molecule has 0 radical (unpaired) electrons. The Balaban J connectivity index is 3.11. The van der Waals surface area contributed by atoms with Gasteiger partial charge in [-0.1, -0.05) is 19.6 Å². The summed E-state index contributed by atoms with van der Waals surface area (Å²) in [7, 11) is 0. The van der Waals surface area contributed by atoms with Crippen LogP contribution in [0.3, 0.4) is 0 Å². The fraction of sp³-hybridized carbons (Fsp3) is 0.562. The Kier molecular flexibility index (Phi) is 5.23. The number of hydrogen-bond donors (Lipinski definition) is 1. The monoisotopic (exact) mass is 295 g/mol. The van der Waals surface area contributed by atoms with Crippen LogP contribution in [0, 0.1) is 0 Å². The lowest BCUT2D eigenvalue weighted by atomic mass is 9.92. The van der Waals surface area contributed by atoms with Gasteiger partial charge in [-0.25, -0.2) is 9.86 Å². The van der Waals surface area contributed by atoms with E-state index >= 15 is 0 Å². The minimum atomic E-state index is -0.732. The Morgan fingerprint density at radius 1 is 1.38 bits per heavy atom. The van der Waals surface area contributed by atoms with Gasteiger partial charge in [-0.3, -0.25) is 5.21 Å². The van der Waals surface area contributed by atoms with E-state index in [1.165, 1.54) is 0 Å². The number of hydrogen-bond acceptors (Lipinski definition) is 5. The third-order valence-corrected chi connectivity index (χ3v) is 3.32. The molecule has 0 aromatic heterocycles. The highest BCUT2D eigenvalue weighted by Gasteiger charge is 2.32. The highest BCUT2D eigenvalue weighted by molar-refractivity contribution is 5.62. The standard InChI is InChI=1S/C16H25NO4/c1-8-12-10(3)17(19)11(4)13(9-2)14(12)20-15(18)21-16(5,6)7/h8,14,19H,1,9H2,2-7H3. The van der Waals surface area contributed by atoms with E-state index < -0.39 is 17.9 Å². The molecular formula is C16H25NO4. The summed E-state index contributed by atoms with van der Waals surface area (Å²) in [6.45, 7) is 14.6. The van der Waals surface area contributed by atoms with Crippen LogP contribution in [-0.4, -0.2) is 28.1 Å². The fourth-order valence-electron chi connectivity index (χ4n) is 2.28. The first-order valence-corrected chi connectivity index (χ1v) is 7.03. The summed E-state index contributed by atoms with van der Waals surface area (Å²) in [5.74, 6) is 0. The summed E-state index contributed by atoms with van der Waals surface area (Å²) < 4.78 is 10.7. The van der Waals surface area contributed by atoms with Gasteiger partial charge in [-0.05, 0) is 46.6 Å². The van der Waals surface area contributed by atoms with Crippen molar-refractivity contribution in [2.75, 3.05) is 0 Å². The van der Waals surface area contributed by atoms with E-state index in [0.29, 0.717) is 23.4 Å². The van der Waals surface area contributed by atoms with Crippen LogP contribution in [0.15, 0.2) is 35.2 Å². The first kappa shape index (κ1) is 17.3. The Labute approximate surface area is 126 Å². The molecule has 1 aliphatic rings. The molecule has 0 aromatic carbocycles. The van der Waals surface area contributed by atoms with Crippen molar-refractivity contribution < 1.29 is 19.5 Å². The number of ether oxygens (including phenoxy) is 2. The smallest absolute Gasteiger partial charge is 0.429 e. The molecule has 1 atom stereocenters. The van der Waals surface area contributed by atoms with E-state index in [4.69, 9.17) is 9.47 Å². The second kappa shape index (κ2) is 6.35. The normalized spacial score (nSPS) is 19.8. The van der Waals surface area contributed by atoms with Gasteiger partial charge in [-0.15, -0.1) is 0 Å². The van der Waals surface area contributed by atoms with Crippen molar-refractivity contribution in [3.63, 3.8) is 0 Å². The van der Waals surface area contributed by atoms with E-state index in [1.54, 1.807) is 40.7 Å². The van der Waals surface area contributed by atoms with Crippen molar-refractivity contribution >= 4 is 6.16 Å². The minimum absolute atomic E-state index is 0.578. The van der Waals surface area contributed by atoms with Crippen LogP contribution in [0.4, 0.5) is 4.79 Å². The summed E-state index contributed by atoms with van der Waals surface area (Å²) in [5.41, 5.74) is 2.12. The van der Waals surface area contributed by atoms with Gasteiger partial charge < -0.3 is 9.47 Å². The number of allylic oxidation sites excluding steroid dienone is 2. The molecule has 5 nitrogen and oxygen atoms in total. The molecule has 1 rings (SSSR count). The van der Waals surface area contributed by atoms with Crippen LogP contribution >= 0.6 is 0 Å².